The zero-order valence-electron chi connectivity index (χ0n) is 14.4. The molecule has 1 saturated heterocycles. The molecule has 3 amide bonds. The second kappa shape index (κ2) is 8.46. The second-order valence-corrected chi connectivity index (χ2v) is 7.19. The van der Waals surface area contributed by atoms with Crippen LogP contribution in [0.4, 0.5) is 0 Å². The number of rotatable bonds is 9. The third kappa shape index (κ3) is 5.78. The smallest absolute Gasteiger partial charge is 0.251 e. The van der Waals surface area contributed by atoms with E-state index in [1.807, 2.05) is 13.8 Å². The number of hydrogen-bond acceptors (Lipinski definition) is 4. The lowest BCUT2D eigenvalue weighted by Crippen LogP contribution is -2.52. The molecule has 135 valence electrons. The highest BCUT2D eigenvalue weighted by molar-refractivity contribution is 5.87. The first-order valence-corrected chi connectivity index (χ1v) is 8.76. The zero-order valence-corrected chi connectivity index (χ0v) is 14.4. The van der Waals surface area contributed by atoms with Gasteiger partial charge in [-0.15, -0.1) is 0 Å². The number of hydrogen-bond donors (Lipinski definition) is 4. The van der Waals surface area contributed by atoms with E-state index in [-0.39, 0.29) is 30.2 Å². The van der Waals surface area contributed by atoms with Crippen LogP contribution in [0.25, 0.3) is 0 Å². The average molecular weight is 338 g/mol. The molecular formula is C17H28N3O4. The molecule has 7 nitrogen and oxygen atoms in total. The lowest BCUT2D eigenvalue weighted by Gasteiger charge is -2.25. The molecule has 2 rings (SSSR count). The number of carbonyl (C=O) groups is 3. The van der Waals surface area contributed by atoms with Crippen molar-refractivity contribution in [3.8, 4) is 0 Å². The van der Waals surface area contributed by atoms with E-state index in [0.29, 0.717) is 25.3 Å². The van der Waals surface area contributed by atoms with Gasteiger partial charge in [0.05, 0.1) is 6.04 Å². The quantitative estimate of drug-likeness (QED) is 0.470. The van der Waals surface area contributed by atoms with Crippen LogP contribution in [0, 0.1) is 18.3 Å². The summed E-state index contributed by atoms with van der Waals surface area (Å²) in [6, 6.07) is -0.640. The van der Waals surface area contributed by atoms with E-state index in [2.05, 4.69) is 16.0 Å². The van der Waals surface area contributed by atoms with Gasteiger partial charge in [-0.1, -0.05) is 13.8 Å². The number of aliphatic hydroxyl groups is 1. The first-order chi connectivity index (χ1) is 11.4. The molecule has 0 spiro atoms. The SMILES string of the molecule is CC(C)C[CH]C(=O)N[C@@H](C[C@@H]1CCNC1=O)[C@H](O)C(=O)NC1CC1. The van der Waals surface area contributed by atoms with Crippen LogP contribution in [0.15, 0.2) is 0 Å². The minimum atomic E-state index is -1.35. The van der Waals surface area contributed by atoms with Gasteiger partial charge < -0.3 is 21.1 Å². The topological polar surface area (TPSA) is 108 Å². The lowest BCUT2D eigenvalue weighted by molar-refractivity contribution is -0.133. The Hall–Kier alpha value is -1.63. The van der Waals surface area contributed by atoms with Crippen molar-refractivity contribution in [3.63, 3.8) is 0 Å². The molecule has 24 heavy (non-hydrogen) atoms. The van der Waals surface area contributed by atoms with Gasteiger partial charge in [-0.25, -0.2) is 0 Å². The molecule has 2 fully saturated rings. The Bertz CT molecular complexity index is 476. The Morgan fingerprint density at radius 3 is 2.58 bits per heavy atom. The molecule has 1 heterocycles. The Labute approximate surface area is 142 Å². The standard InChI is InChI=1S/C17H28N3O4/c1-10(2)3-6-14(21)20-13(9-11-7-8-18-16(11)23)15(22)17(24)19-12-4-5-12/h6,10-13,15,22H,3-5,7-9H2,1-2H3,(H,18,23)(H,19,24)(H,20,21)/t11-,13-,15-/m0/s1. The van der Waals surface area contributed by atoms with Gasteiger partial charge in [0, 0.05) is 24.9 Å². The van der Waals surface area contributed by atoms with E-state index in [9.17, 15) is 19.5 Å². The number of amides is 3. The van der Waals surface area contributed by atoms with Crippen molar-refractivity contribution in [2.75, 3.05) is 6.54 Å². The monoisotopic (exact) mass is 338 g/mol. The summed E-state index contributed by atoms with van der Waals surface area (Å²) in [5.74, 6) is -0.827. The number of nitrogens with one attached hydrogen (secondary N) is 3. The van der Waals surface area contributed by atoms with Crippen LogP contribution in [0.5, 0.6) is 0 Å². The minimum absolute atomic E-state index is 0.0878. The molecule has 7 heteroatoms. The van der Waals surface area contributed by atoms with Crippen LogP contribution in [-0.2, 0) is 14.4 Å². The van der Waals surface area contributed by atoms with Crippen molar-refractivity contribution < 1.29 is 19.5 Å². The van der Waals surface area contributed by atoms with Gasteiger partial charge >= 0.3 is 0 Å². The summed E-state index contributed by atoms with van der Waals surface area (Å²) in [5, 5.41) is 18.5. The highest BCUT2D eigenvalue weighted by Gasteiger charge is 2.35. The Morgan fingerprint density at radius 1 is 1.33 bits per heavy atom. The van der Waals surface area contributed by atoms with Crippen molar-refractivity contribution in [1.82, 2.24) is 16.0 Å². The third-order valence-corrected chi connectivity index (χ3v) is 4.38. The molecule has 3 atom stereocenters. The summed E-state index contributed by atoms with van der Waals surface area (Å²) < 4.78 is 0. The van der Waals surface area contributed by atoms with Crippen LogP contribution in [0.1, 0.15) is 46.0 Å². The van der Waals surface area contributed by atoms with Gasteiger partial charge in [0.15, 0.2) is 6.10 Å². The van der Waals surface area contributed by atoms with E-state index in [1.165, 1.54) is 6.42 Å². The molecule has 1 radical (unpaired) electrons. The van der Waals surface area contributed by atoms with Gasteiger partial charge in [-0.2, -0.15) is 0 Å². The fraction of sp³-hybridized carbons (Fsp3) is 0.765. The van der Waals surface area contributed by atoms with E-state index in [1.54, 1.807) is 0 Å². The molecule has 1 aliphatic heterocycles. The normalized spacial score (nSPS) is 22.8. The predicted octanol–water partition coefficient (Wildman–Crippen LogP) is -0.113. The fourth-order valence-corrected chi connectivity index (χ4v) is 2.72. The second-order valence-electron chi connectivity index (χ2n) is 7.19. The van der Waals surface area contributed by atoms with Crippen LogP contribution < -0.4 is 16.0 Å². The van der Waals surface area contributed by atoms with Crippen molar-refractivity contribution in [1.29, 1.82) is 0 Å². The molecule has 1 saturated carbocycles. The molecule has 0 aromatic carbocycles. The van der Waals surface area contributed by atoms with Gasteiger partial charge in [-0.05, 0) is 38.0 Å². The fourth-order valence-electron chi connectivity index (χ4n) is 2.72. The molecule has 0 aromatic heterocycles. The average Bonchev–Trinajstić information content (AvgIpc) is 3.25. The highest BCUT2D eigenvalue weighted by Crippen LogP contribution is 2.21. The Morgan fingerprint density at radius 2 is 2.04 bits per heavy atom. The zero-order chi connectivity index (χ0) is 17.7. The first kappa shape index (κ1) is 18.7. The molecule has 0 bridgehead atoms. The molecular weight excluding hydrogens is 310 g/mol. The van der Waals surface area contributed by atoms with Crippen LogP contribution in [0.2, 0.25) is 0 Å². The maximum absolute atomic E-state index is 12.1. The van der Waals surface area contributed by atoms with Gasteiger partial charge in [0.1, 0.15) is 0 Å². The van der Waals surface area contributed by atoms with Gasteiger partial charge in [-0.3, -0.25) is 14.4 Å². The highest BCUT2D eigenvalue weighted by atomic mass is 16.3. The molecule has 4 N–H and O–H groups in total. The molecule has 0 unspecified atom stereocenters. The Balaban J connectivity index is 1.94. The maximum atomic E-state index is 12.1. The third-order valence-electron chi connectivity index (χ3n) is 4.38. The van der Waals surface area contributed by atoms with E-state index in [0.717, 1.165) is 12.8 Å². The largest absolute Gasteiger partial charge is 0.381 e. The van der Waals surface area contributed by atoms with Crippen molar-refractivity contribution in [2.24, 2.45) is 11.8 Å². The summed E-state index contributed by atoms with van der Waals surface area (Å²) >= 11 is 0. The van der Waals surface area contributed by atoms with Crippen molar-refractivity contribution in [3.05, 3.63) is 6.42 Å². The number of carbonyl (C=O) groups excluding carboxylic acids is 3. The van der Waals surface area contributed by atoms with E-state index in [4.69, 9.17) is 0 Å². The van der Waals surface area contributed by atoms with Crippen molar-refractivity contribution >= 4 is 17.7 Å². The molecule has 1 aliphatic carbocycles. The predicted molar refractivity (Wildman–Crippen MR) is 88.6 cm³/mol. The van der Waals surface area contributed by atoms with Gasteiger partial charge in [0.2, 0.25) is 11.8 Å². The molecule has 2 aliphatic rings. The van der Waals surface area contributed by atoms with E-state index >= 15 is 0 Å². The first-order valence-electron chi connectivity index (χ1n) is 8.76. The summed E-state index contributed by atoms with van der Waals surface area (Å²) in [7, 11) is 0. The van der Waals surface area contributed by atoms with E-state index < -0.39 is 18.1 Å². The minimum Gasteiger partial charge on any atom is -0.381 e. The molecule has 0 aromatic rings. The van der Waals surface area contributed by atoms with Gasteiger partial charge in [0.25, 0.3) is 5.91 Å². The van der Waals surface area contributed by atoms with Crippen LogP contribution in [0.3, 0.4) is 0 Å². The summed E-state index contributed by atoms with van der Waals surface area (Å²) in [6.07, 6.45) is 3.54. The maximum Gasteiger partial charge on any atom is 0.251 e. The van der Waals surface area contributed by atoms with Crippen LogP contribution >= 0.6 is 0 Å². The summed E-state index contributed by atoms with van der Waals surface area (Å²) in [5.41, 5.74) is 0. The summed E-state index contributed by atoms with van der Waals surface area (Å²) in [4.78, 5) is 36.0. The number of aliphatic hydroxyl groups excluding tert-OH is 1. The van der Waals surface area contributed by atoms with Crippen molar-refractivity contribution in [2.45, 2.75) is 64.1 Å². The Kier molecular flexibility index (Phi) is 6.60. The van der Waals surface area contributed by atoms with Crippen LogP contribution in [-0.4, -0.2) is 47.6 Å². The summed E-state index contributed by atoms with van der Waals surface area (Å²) in [6.45, 7) is 4.60. The lowest BCUT2D eigenvalue weighted by atomic mass is 9.94.